The standard InChI is InChI=1S/C51H30N4OS/c1-4-13-31(14-5-1)49-52-50(32-15-6-2-7-16-32)54-51(53-49)38-21-12-20-37-41-28-34(24-26-45(41)56-48(37)38)33-23-25-43-39(27-33)40-30-47-42(36-19-10-11-22-46(36)57-47)29-44(40)55(43)35-17-8-3-9-18-35/h1-30H. The summed E-state index contributed by atoms with van der Waals surface area (Å²) in [5, 5.41) is 7.13. The van der Waals surface area contributed by atoms with Crippen molar-refractivity contribution in [3.63, 3.8) is 0 Å². The molecule has 4 aromatic heterocycles. The van der Waals surface area contributed by atoms with Gasteiger partial charge in [-0.25, -0.2) is 15.0 Å². The Kier molecular flexibility index (Phi) is 7.03. The first-order chi connectivity index (χ1) is 28.2. The Morgan fingerprint density at radius 2 is 1.00 bits per heavy atom. The monoisotopic (exact) mass is 746 g/mol. The van der Waals surface area contributed by atoms with Crippen LogP contribution < -0.4 is 0 Å². The number of benzene rings is 8. The van der Waals surface area contributed by atoms with Gasteiger partial charge in [0.2, 0.25) is 0 Å². The molecule has 8 aromatic carbocycles. The molecular weight excluding hydrogens is 717 g/mol. The highest BCUT2D eigenvalue weighted by Crippen LogP contribution is 2.43. The van der Waals surface area contributed by atoms with Gasteiger partial charge >= 0.3 is 0 Å². The smallest absolute Gasteiger partial charge is 0.167 e. The first-order valence-electron chi connectivity index (χ1n) is 19.0. The number of furan rings is 1. The minimum absolute atomic E-state index is 0.570. The van der Waals surface area contributed by atoms with Crippen LogP contribution in [0, 0.1) is 0 Å². The summed E-state index contributed by atoms with van der Waals surface area (Å²) in [5.41, 5.74) is 10.1. The molecule has 5 nitrogen and oxygen atoms in total. The van der Waals surface area contributed by atoms with Gasteiger partial charge in [-0.05, 0) is 71.8 Å². The van der Waals surface area contributed by atoms with Gasteiger partial charge in [0.15, 0.2) is 17.5 Å². The molecule has 0 fully saturated rings. The number of aromatic nitrogens is 4. The van der Waals surface area contributed by atoms with Crippen LogP contribution in [-0.2, 0) is 0 Å². The van der Waals surface area contributed by atoms with Gasteiger partial charge in [-0.2, -0.15) is 0 Å². The molecule has 0 aliphatic heterocycles. The third-order valence-corrected chi connectivity index (χ3v) is 12.2. The zero-order valence-electron chi connectivity index (χ0n) is 30.4. The molecule has 12 aromatic rings. The molecule has 0 amide bonds. The second kappa shape index (κ2) is 12.6. The van der Waals surface area contributed by atoms with Gasteiger partial charge in [0.05, 0.1) is 16.6 Å². The van der Waals surface area contributed by atoms with Gasteiger partial charge in [0.25, 0.3) is 0 Å². The molecular formula is C51H30N4OS. The average molecular weight is 747 g/mol. The highest BCUT2D eigenvalue weighted by Gasteiger charge is 2.20. The first kappa shape index (κ1) is 31.9. The predicted octanol–water partition coefficient (Wildman–Crippen LogP) is 13.9. The molecule has 0 N–H and O–H groups in total. The van der Waals surface area contributed by atoms with E-state index < -0.39 is 0 Å². The molecule has 0 bridgehead atoms. The summed E-state index contributed by atoms with van der Waals surface area (Å²) >= 11 is 1.86. The van der Waals surface area contributed by atoms with Crippen molar-refractivity contribution in [1.82, 2.24) is 19.5 Å². The summed E-state index contributed by atoms with van der Waals surface area (Å²) in [6.07, 6.45) is 0. The lowest BCUT2D eigenvalue weighted by atomic mass is 10.00. The fraction of sp³-hybridized carbons (Fsp3) is 0. The molecule has 0 unspecified atom stereocenters. The molecule has 0 radical (unpaired) electrons. The summed E-state index contributed by atoms with van der Waals surface area (Å²) in [7, 11) is 0. The van der Waals surface area contributed by atoms with E-state index in [-0.39, 0.29) is 0 Å². The Labute approximate surface area is 330 Å². The zero-order valence-corrected chi connectivity index (χ0v) is 31.2. The molecule has 0 saturated carbocycles. The molecule has 12 rings (SSSR count). The van der Waals surface area contributed by atoms with E-state index in [1.54, 1.807) is 0 Å². The second-order valence-corrected chi connectivity index (χ2v) is 15.5. The molecule has 0 aliphatic carbocycles. The fourth-order valence-electron chi connectivity index (χ4n) is 8.36. The average Bonchev–Trinajstić information content (AvgIpc) is 3.95. The summed E-state index contributed by atoms with van der Waals surface area (Å²) in [5.74, 6) is 1.81. The number of hydrogen-bond acceptors (Lipinski definition) is 5. The maximum absolute atomic E-state index is 6.66. The van der Waals surface area contributed by atoms with Crippen molar-refractivity contribution in [1.29, 1.82) is 0 Å². The number of nitrogens with zero attached hydrogens (tertiary/aromatic N) is 4. The first-order valence-corrected chi connectivity index (χ1v) is 19.8. The Balaban J connectivity index is 1.03. The van der Waals surface area contributed by atoms with Crippen LogP contribution in [0.5, 0.6) is 0 Å². The number of thiophene rings is 1. The van der Waals surface area contributed by atoms with Gasteiger partial charge in [-0.3, -0.25) is 0 Å². The fourth-order valence-corrected chi connectivity index (χ4v) is 9.48. The van der Waals surface area contributed by atoms with E-state index in [0.29, 0.717) is 17.5 Å². The molecule has 0 saturated heterocycles. The third kappa shape index (κ3) is 5.12. The zero-order chi connectivity index (χ0) is 37.5. The van der Waals surface area contributed by atoms with Crippen LogP contribution in [-0.4, -0.2) is 19.5 Å². The Hall–Kier alpha value is -7.41. The summed E-state index contributed by atoms with van der Waals surface area (Å²) in [6.45, 7) is 0. The van der Waals surface area contributed by atoms with Crippen LogP contribution >= 0.6 is 11.3 Å². The summed E-state index contributed by atoms with van der Waals surface area (Å²) < 4.78 is 11.7. The summed E-state index contributed by atoms with van der Waals surface area (Å²) in [4.78, 5) is 14.9. The lowest BCUT2D eigenvalue weighted by Gasteiger charge is -2.08. The third-order valence-electron chi connectivity index (χ3n) is 11.0. The largest absolute Gasteiger partial charge is 0.455 e. The van der Waals surface area contributed by atoms with Crippen LogP contribution in [0.25, 0.3) is 115 Å². The van der Waals surface area contributed by atoms with E-state index >= 15 is 0 Å². The minimum Gasteiger partial charge on any atom is -0.455 e. The van der Waals surface area contributed by atoms with Crippen LogP contribution in [0.1, 0.15) is 0 Å². The Bertz CT molecular complexity index is 3460. The summed E-state index contributed by atoms with van der Waals surface area (Å²) in [6, 6.07) is 63.9. The Morgan fingerprint density at radius 3 is 1.75 bits per heavy atom. The molecule has 6 heteroatoms. The van der Waals surface area contributed by atoms with Gasteiger partial charge in [-0.1, -0.05) is 121 Å². The van der Waals surface area contributed by atoms with Crippen molar-refractivity contribution < 1.29 is 4.42 Å². The second-order valence-electron chi connectivity index (χ2n) is 14.4. The quantitative estimate of drug-likeness (QED) is 0.176. The SMILES string of the molecule is c1ccc(-c2nc(-c3ccccc3)nc(-c3cccc4c3oc3ccc(-c5ccc6c(c5)c5cc7sc8ccccc8c7cc5n6-c5ccccc5)cc34)n2)cc1. The molecule has 57 heavy (non-hydrogen) atoms. The van der Waals surface area contributed by atoms with E-state index in [9.17, 15) is 0 Å². The number of hydrogen-bond donors (Lipinski definition) is 0. The topological polar surface area (TPSA) is 56.7 Å². The highest BCUT2D eigenvalue weighted by molar-refractivity contribution is 7.25. The molecule has 0 aliphatic rings. The van der Waals surface area contributed by atoms with Crippen LogP contribution in [0.15, 0.2) is 186 Å². The van der Waals surface area contributed by atoms with E-state index in [1.165, 1.54) is 42.0 Å². The van der Waals surface area contributed by atoms with Crippen molar-refractivity contribution in [3.8, 4) is 51.0 Å². The minimum atomic E-state index is 0.570. The molecule has 0 atom stereocenters. The van der Waals surface area contributed by atoms with Gasteiger partial charge in [0.1, 0.15) is 11.2 Å². The van der Waals surface area contributed by atoms with Gasteiger partial charge in [0, 0.05) is 58.5 Å². The van der Waals surface area contributed by atoms with Crippen molar-refractivity contribution in [2.24, 2.45) is 0 Å². The maximum Gasteiger partial charge on any atom is 0.167 e. The predicted molar refractivity (Wildman–Crippen MR) is 236 cm³/mol. The number of rotatable bonds is 5. The van der Waals surface area contributed by atoms with Crippen molar-refractivity contribution >= 4 is 75.3 Å². The normalized spacial score (nSPS) is 11.9. The van der Waals surface area contributed by atoms with Gasteiger partial charge < -0.3 is 8.98 Å². The lowest BCUT2D eigenvalue weighted by Crippen LogP contribution is -2.00. The Morgan fingerprint density at radius 1 is 0.386 bits per heavy atom. The van der Waals surface area contributed by atoms with Crippen LogP contribution in [0.4, 0.5) is 0 Å². The van der Waals surface area contributed by atoms with Crippen LogP contribution in [0.3, 0.4) is 0 Å². The highest BCUT2D eigenvalue weighted by atomic mass is 32.1. The van der Waals surface area contributed by atoms with Crippen LogP contribution in [0.2, 0.25) is 0 Å². The molecule has 4 heterocycles. The van der Waals surface area contributed by atoms with Gasteiger partial charge in [-0.15, -0.1) is 11.3 Å². The maximum atomic E-state index is 6.66. The van der Waals surface area contributed by atoms with E-state index in [0.717, 1.165) is 55.4 Å². The van der Waals surface area contributed by atoms with Crippen molar-refractivity contribution in [3.05, 3.63) is 182 Å². The van der Waals surface area contributed by atoms with E-state index in [4.69, 9.17) is 19.4 Å². The van der Waals surface area contributed by atoms with E-state index in [2.05, 4.69) is 120 Å². The number of para-hydroxylation sites is 2. The molecule has 266 valence electrons. The molecule has 0 spiro atoms. The van der Waals surface area contributed by atoms with Crippen molar-refractivity contribution in [2.45, 2.75) is 0 Å². The lowest BCUT2D eigenvalue weighted by molar-refractivity contribution is 0.669. The van der Waals surface area contributed by atoms with E-state index in [1.807, 2.05) is 78.1 Å². The number of fused-ring (bicyclic) bond motifs is 9. The van der Waals surface area contributed by atoms with Crippen molar-refractivity contribution in [2.75, 3.05) is 0 Å².